The molecule has 0 aliphatic heterocycles. The third-order valence-corrected chi connectivity index (χ3v) is 4.14. The fourth-order valence-corrected chi connectivity index (χ4v) is 3.05. The van der Waals surface area contributed by atoms with Crippen molar-refractivity contribution in [2.75, 3.05) is 0 Å². The quantitative estimate of drug-likeness (QED) is 0.916. The summed E-state index contributed by atoms with van der Waals surface area (Å²) in [5, 5.41) is 14.7. The van der Waals surface area contributed by atoms with Crippen molar-refractivity contribution < 1.29 is 5.11 Å². The Morgan fingerprint density at radius 3 is 2.24 bits per heavy atom. The molecule has 21 heavy (non-hydrogen) atoms. The average Bonchev–Trinajstić information content (AvgIpc) is 2.60. The Balaban J connectivity index is 1.97. The molecule has 0 fully saturated rings. The molecule has 1 N–H and O–H groups in total. The standard InChI is InChI=1S/C18H26N2O/c1-12-8-13(2)10-16(9-12)11-17(21)6-7-18-14(3)19-20(5)15(18)4/h8-10,17,21H,6-7,11H2,1-5H3. The van der Waals surface area contributed by atoms with E-state index in [4.69, 9.17) is 0 Å². The maximum absolute atomic E-state index is 10.3. The maximum Gasteiger partial charge on any atom is 0.0628 e. The Kier molecular flexibility index (Phi) is 4.84. The summed E-state index contributed by atoms with van der Waals surface area (Å²) in [6.45, 7) is 8.33. The first-order chi connectivity index (χ1) is 9.86. The number of hydrogen-bond donors (Lipinski definition) is 1. The van der Waals surface area contributed by atoms with Gasteiger partial charge in [-0.2, -0.15) is 5.10 Å². The van der Waals surface area contributed by atoms with Crippen molar-refractivity contribution in [3.63, 3.8) is 0 Å². The van der Waals surface area contributed by atoms with Gasteiger partial charge < -0.3 is 5.11 Å². The molecule has 0 saturated heterocycles. The number of aliphatic hydroxyl groups excluding tert-OH is 1. The van der Waals surface area contributed by atoms with Gasteiger partial charge in [-0.1, -0.05) is 29.3 Å². The molecule has 0 saturated carbocycles. The van der Waals surface area contributed by atoms with Crippen LogP contribution in [-0.4, -0.2) is 21.0 Å². The molecule has 2 rings (SSSR count). The Bertz CT molecular complexity index is 608. The number of hydrogen-bond acceptors (Lipinski definition) is 2. The molecule has 3 nitrogen and oxygen atoms in total. The lowest BCUT2D eigenvalue weighted by atomic mass is 9.98. The zero-order chi connectivity index (χ0) is 15.6. The van der Waals surface area contributed by atoms with Crippen molar-refractivity contribution in [3.05, 3.63) is 51.8 Å². The van der Waals surface area contributed by atoms with Gasteiger partial charge in [0.1, 0.15) is 0 Å². The minimum absolute atomic E-state index is 0.301. The van der Waals surface area contributed by atoms with Crippen LogP contribution in [0.1, 0.15) is 40.1 Å². The molecule has 0 spiro atoms. The minimum Gasteiger partial charge on any atom is -0.393 e. The van der Waals surface area contributed by atoms with Gasteiger partial charge in [-0.25, -0.2) is 0 Å². The second-order valence-corrected chi connectivity index (χ2v) is 6.17. The molecule has 0 bridgehead atoms. The molecule has 114 valence electrons. The molecule has 1 heterocycles. The summed E-state index contributed by atoms with van der Waals surface area (Å²) in [6.07, 6.45) is 2.09. The molecule has 0 aliphatic rings. The molecule has 0 amide bonds. The zero-order valence-corrected chi connectivity index (χ0v) is 13.8. The van der Waals surface area contributed by atoms with E-state index in [0.29, 0.717) is 0 Å². The maximum atomic E-state index is 10.3. The largest absolute Gasteiger partial charge is 0.393 e. The SMILES string of the molecule is Cc1cc(C)cc(CC(O)CCc2c(C)nn(C)c2C)c1. The Hall–Kier alpha value is -1.61. The third kappa shape index (κ3) is 3.94. The molecule has 0 aliphatic carbocycles. The fraction of sp³-hybridized carbons (Fsp3) is 0.500. The van der Waals surface area contributed by atoms with Crippen molar-refractivity contribution in [3.8, 4) is 0 Å². The van der Waals surface area contributed by atoms with E-state index in [9.17, 15) is 5.11 Å². The number of aryl methyl sites for hydroxylation is 4. The van der Waals surface area contributed by atoms with E-state index in [-0.39, 0.29) is 6.10 Å². The smallest absolute Gasteiger partial charge is 0.0628 e. The van der Waals surface area contributed by atoms with E-state index >= 15 is 0 Å². The normalized spacial score (nSPS) is 12.7. The number of rotatable bonds is 5. The van der Waals surface area contributed by atoms with Crippen LogP contribution in [0.4, 0.5) is 0 Å². The van der Waals surface area contributed by atoms with Gasteiger partial charge in [-0.3, -0.25) is 4.68 Å². The topological polar surface area (TPSA) is 38.1 Å². The van der Waals surface area contributed by atoms with Crippen molar-refractivity contribution >= 4 is 0 Å². The van der Waals surface area contributed by atoms with Gasteiger partial charge in [-0.05, 0) is 58.1 Å². The van der Waals surface area contributed by atoms with Crippen LogP contribution in [0.25, 0.3) is 0 Å². The molecule has 2 aromatic rings. The monoisotopic (exact) mass is 286 g/mol. The van der Waals surface area contributed by atoms with Gasteiger partial charge >= 0.3 is 0 Å². The highest BCUT2D eigenvalue weighted by molar-refractivity contribution is 5.29. The highest BCUT2D eigenvalue weighted by Gasteiger charge is 2.12. The van der Waals surface area contributed by atoms with Crippen molar-refractivity contribution in [2.45, 2.75) is 53.1 Å². The van der Waals surface area contributed by atoms with Crippen LogP contribution in [-0.2, 0) is 19.9 Å². The average molecular weight is 286 g/mol. The van der Waals surface area contributed by atoms with Crippen LogP contribution in [0.5, 0.6) is 0 Å². The van der Waals surface area contributed by atoms with E-state index < -0.39 is 0 Å². The third-order valence-electron chi connectivity index (χ3n) is 4.14. The fourth-order valence-electron chi connectivity index (χ4n) is 3.05. The van der Waals surface area contributed by atoms with Crippen LogP contribution in [0.3, 0.4) is 0 Å². The first-order valence-corrected chi connectivity index (χ1v) is 7.61. The summed E-state index contributed by atoms with van der Waals surface area (Å²) < 4.78 is 1.92. The second-order valence-electron chi connectivity index (χ2n) is 6.17. The summed E-state index contributed by atoms with van der Waals surface area (Å²) in [4.78, 5) is 0. The number of nitrogens with zero attached hydrogens (tertiary/aromatic N) is 2. The lowest BCUT2D eigenvalue weighted by molar-refractivity contribution is 0.165. The molecular formula is C18H26N2O. The predicted octanol–water partition coefficient (Wildman–Crippen LogP) is 3.19. The van der Waals surface area contributed by atoms with Crippen LogP contribution < -0.4 is 0 Å². The Morgan fingerprint density at radius 2 is 1.71 bits per heavy atom. The first kappa shape index (κ1) is 15.8. The number of benzene rings is 1. The summed E-state index contributed by atoms with van der Waals surface area (Å²) in [5.41, 5.74) is 7.29. The van der Waals surface area contributed by atoms with Crippen LogP contribution in [0, 0.1) is 27.7 Å². The Morgan fingerprint density at radius 1 is 1.10 bits per heavy atom. The number of aromatic nitrogens is 2. The van der Waals surface area contributed by atoms with E-state index in [0.717, 1.165) is 25.0 Å². The molecule has 1 aromatic carbocycles. The number of aliphatic hydroxyl groups is 1. The van der Waals surface area contributed by atoms with Crippen molar-refractivity contribution in [2.24, 2.45) is 7.05 Å². The van der Waals surface area contributed by atoms with Crippen LogP contribution >= 0.6 is 0 Å². The van der Waals surface area contributed by atoms with E-state index in [1.165, 1.54) is 27.9 Å². The highest BCUT2D eigenvalue weighted by atomic mass is 16.3. The summed E-state index contributed by atoms with van der Waals surface area (Å²) >= 11 is 0. The van der Waals surface area contributed by atoms with Gasteiger partial charge in [0, 0.05) is 12.7 Å². The molecule has 1 unspecified atom stereocenters. The first-order valence-electron chi connectivity index (χ1n) is 7.61. The molecule has 1 atom stereocenters. The summed E-state index contributed by atoms with van der Waals surface area (Å²) in [6, 6.07) is 6.49. The van der Waals surface area contributed by atoms with Crippen molar-refractivity contribution in [1.29, 1.82) is 0 Å². The Labute approximate surface area is 127 Å². The van der Waals surface area contributed by atoms with Gasteiger partial charge in [0.05, 0.1) is 11.8 Å². The van der Waals surface area contributed by atoms with E-state index in [2.05, 4.69) is 44.1 Å². The van der Waals surface area contributed by atoms with Gasteiger partial charge in [0.25, 0.3) is 0 Å². The van der Waals surface area contributed by atoms with Crippen molar-refractivity contribution in [1.82, 2.24) is 9.78 Å². The molecule has 0 radical (unpaired) electrons. The molecule has 1 aromatic heterocycles. The predicted molar refractivity (Wildman–Crippen MR) is 86.6 cm³/mol. The van der Waals surface area contributed by atoms with Gasteiger partial charge in [0.15, 0.2) is 0 Å². The van der Waals surface area contributed by atoms with Crippen LogP contribution in [0.15, 0.2) is 18.2 Å². The lowest BCUT2D eigenvalue weighted by Crippen LogP contribution is -2.12. The molecular weight excluding hydrogens is 260 g/mol. The van der Waals surface area contributed by atoms with Crippen LogP contribution in [0.2, 0.25) is 0 Å². The van der Waals surface area contributed by atoms with E-state index in [1.54, 1.807) is 0 Å². The summed E-state index contributed by atoms with van der Waals surface area (Å²) in [7, 11) is 1.97. The highest BCUT2D eigenvalue weighted by Crippen LogP contribution is 2.17. The minimum atomic E-state index is -0.301. The second kappa shape index (κ2) is 6.44. The van der Waals surface area contributed by atoms with E-state index in [1.807, 2.05) is 18.7 Å². The van der Waals surface area contributed by atoms with Gasteiger partial charge in [-0.15, -0.1) is 0 Å². The lowest BCUT2D eigenvalue weighted by Gasteiger charge is -2.12. The summed E-state index contributed by atoms with van der Waals surface area (Å²) in [5.74, 6) is 0. The van der Waals surface area contributed by atoms with Gasteiger partial charge in [0.2, 0.25) is 0 Å². The zero-order valence-electron chi connectivity index (χ0n) is 13.8. The molecule has 3 heteroatoms.